The van der Waals surface area contributed by atoms with Crippen LogP contribution >= 0.6 is 6.49 Å². The van der Waals surface area contributed by atoms with Crippen LogP contribution in [-0.4, -0.2) is 95.2 Å². The molecule has 4 saturated heterocycles. The van der Waals surface area contributed by atoms with Gasteiger partial charge in [0.25, 0.3) is 12.0 Å². The number of anilines is 2. The fourth-order valence-electron chi connectivity index (χ4n) is 5.90. The van der Waals surface area contributed by atoms with Crippen molar-refractivity contribution in [2.45, 2.75) is 47.5 Å². The maximum atomic E-state index is 12.5. The number of nitrogens with two attached hydrogens (primary N) is 2. The monoisotopic (exact) mass is 612 g/mol. The van der Waals surface area contributed by atoms with Gasteiger partial charge in [0.05, 0.1) is 39.4 Å². The van der Waals surface area contributed by atoms with Crippen LogP contribution in [0.4, 0.5) is 11.6 Å². The Hall–Kier alpha value is -2.93. The second-order valence-electron chi connectivity index (χ2n) is 10.7. The van der Waals surface area contributed by atoms with E-state index >= 15 is 0 Å². The van der Waals surface area contributed by atoms with Gasteiger partial charge in [-0.05, 0) is 23.9 Å². The van der Waals surface area contributed by atoms with Crippen LogP contribution in [0.1, 0.15) is 6.42 Å². The smallest absolute Gasteiger partial charge is 0.356 e. The first-order chi connectivity index (χ1) is 19.4. The standard InChI is InChI=1S/C22H25N6O11PS/c23-11-1-3-27(17(31)25-11)6-20-8-35-21(9-34-20,16(20)30)10-36-40(33,41)22-5-19(7-29)14(38-22)13(37-22)15(39-19)28-4-2-12(24)26-18(28)32/h1-4,14,16,29-30H,5-10H2,(H,33,41)(H2,23,25,31)(H2,24,26,32)/t14?,16?,19?,20?,21-,22?,40?/m1/s1. The summed E-state index contributed by atoms with van der Waals surface area (Å²) >= 11 is 5.51. The van der Waals surface area contributed by atoms with Crippen molar-refractivity contribution in [2.75, 3.05) is 37.9 Å². The molecule has 4 bridgehead atoms. The minimum Gasteiger partial charge on any atom is -0.463 e. The number of nitrogen functional groups attached to an aromatic ring is 2. The number of nitrogens with zero attached hydrogens (tertiary/aromatic N) is 4. The zero-order valence-electron chi connectivity index (χ0n) is 21.1. The molecule has 41 heavy (non-hydrogen) atoms. The Morgan fingerprint density at radius 1 is 1.07 bits per heavy atom. The van der Waals surface area contributed by atoms with E-state index in [0.717, 1.165) is 4.57 Å². The lowest BCUT2D eigenvalue weighted by atomic mass is 9.91. The van der Waals surface area contributed by atoms with E-state index in [2.05, 4.69) is 9.97 Å². The predicted molar refractivity (Wildman–Crippen MR) is 139 cm³/mol. The fourth-order valence-corrected chi connectivity index (χ4v) is 8.00. The van der Waals surface area contributed by atoms with E-state index in [1.165, 1.54) is 29.1 Å². The second-order valence-corrected chi connectivity index (χ2v) is 14.1. The topological polar surface area (TPSA) is 238 Å². The Kier molecular flexibility index (Phi) is 5.62. The molecular formula is C22H25N6O11PS. The summed E-state index contributed by atoms with van der Waals surface area (Å²) in [4.78, 5) is 43.6. The summed E-state index contributed by atoms with van der Waals surface area (Å²) in [6, 6.07) is 2.82. The van der Waals surface area contributed by atoms with E-state index < -0.39 is 65.6 Å². The third kappa shape index (κ3) is 3.63. The second kappa shape index (κ2) is 8.56. The summed E-state index contributed by atoms with van der Waals surface area (Å²) < 4.78 is 38.0. The highest BCUT2D eigenvalue weighted by atomic mass is 32.5. The lowest BCUT2D eigenvalue weighted by molar-refractivity contribution is -0.148. The van der Waals surface area contributed by atoms with Gasteiger partial charge < -0.3 is 54.8 Å². The zero-order valence-corrected chi connectivity index (χ0v) is 22.8. The van der Waals surface area contributed by atoms with E-state index in [1.807, 2.05) is 0 Å². The van der Waals surface area contributed by atoms with Crippen molar-refractivity contribution < 1.29 is 43.3 Å². The predicted octanol–water partition coefficient (Wildman–Crippen LogP) is -2.76. The molecule has 5 aliphatic rings. The molecule has 19 heteroatoms. The van der Waals surface area contributed by atoms with E-state index in [-0.39, 0.29) is 49.5 Å². The van der Waals surface area contributed by atoms with E-state index in [4.69, 9.17) is 51.5 Å². The number of aliphatic hydroxyl groups is 2. The third-order valence-electron chi connectivity index (χ3n) is 8.08. The molecule has 0 saturated carbocycles. The molecule has 2 aromatic heterocycles. The van der Waals surface area contributed by atoms with Gasteiger partial charge >= 0.3 is 11.4 Å². The van der Waals surface area contributed by atoms with Crippen LogP contribution in [0.5, 0.6) is 0 Å². The molecule has 0 amide bonds. The van der Waals surface area contributed by atoms with E-state index in [1.54, 1.807) is 0 Å². The van der Waals surface area contributed by atoms with Gasteiger partial charge in [0.2, 0.25) is 5.88 Å². The van der Waals surface area contributed by atoms with Crippen molar-refractivity contribution in [1.29, 1.82) is 0 Å². The molecule has 7 rings (SSSR count). The van der Waals surface area contributed by atoms with Gasteiger partial charge in [0.15, 0.2) is 17.5 Å². The lowest BCUT2D eigenvalue weighted by Crippen LogP contribution is -2.49. The first-order valence-corrected chi connectivity index (χ1v) is 15.1. The average Bonchev–Trinajstić information content (AvgIpc) is 3.66. The molecule has 5 aliphatic heterocycles. The molecule has 2 aromatic rings. The maximum Gasteiger partial charge on any atom is 0.356 e. The first-order valence-electron chi connectivity index (χ1n) is 12.4. The maximum absolute atomic E-state index is 12.5. The molecule has 220 valence electrons. The van der Waals surface area contributed by atoms with Crippen molar-refractivity contribution >= 4 is 35.8 Å². The fraction of sp³-hybridized carbons (Fsp3) is 0.545. The number of aliphatic hydroxyl groups excluding tert-OH is 2. The van der Waals surface area contributed by atoms with Crippen molar-refractivity contribution in [3.05, 3.63) is 51.3 Å². The van der Waals surface area contributed by atoms with E-state index in [0.29, 0.717) is 0 Å². The zero-order chi connectivity index (χ0) is 29.0. The largest absolute Gasteiger partial charge is 0.463 e. The average molecular weight is 613 g/mol. The quantitative estimate of drug-likeness (QED) is 0.190. The summed E-state index contributed by atoms with van der Waals surface area (Å²) in [6.45, 7) is -5.29. The molecule has 4 fully saturated rings. The number of rotatable bonds is 8. The molecule has 0 aliphatic carbocycles. The SMILES string of the molecule is Nc1ccn(CC23CO[C@@](COP(O)(=S)C45CC6(CO)OC(n7ccc(N)nc7=O)=C(O4)C6O5)(CO2)C3O)c(=O)n1. The van der Waals surface area contributed by atoms with Gasteiger partial charge in [-0.15, -0.1) is 0 Å². The molecule has 0 radical (unpaired) electrons. The van der Waals surface area contributed by atoms with Crippen molar-refractivity contribution in [1.82, 2.24) is 19.1 Å². The Morgan fingerprint density at radius 2 is 1.76 bits per heavy atom. The van der Waals surface area contributed by atoms with Gasteiger partial charge in [0, 0.05) is 12.4 Å². The van der Waals surface area contributed by atoms with Gasteiger partial charge in [-0.3, -0.25) is 4.57 Å². The number of hydrogen-bond donors (Lipinski definition) is 5. The summed E-state index contributed by atoms with van der Waals surface area (Å²) in [5.74, 6) is 0.0135. The molecule has 0 spiro atoms. The number of aromatic nitrogens is 4. The third-order valence-corrected chi connectivity index (χ3v) is 10.9. The van der Waals surface area contributed by atoms with Crippen molar-refractivity contribution in [3.63, 3.8) is 0 Å². The Bertz CT molecular complexity index is 1660. The van der Waals surface area contributed by atoms with Crippen LogP contribution in [0.15, 0.2) is 39.9 Å². The Morgan fingerprint density at radius 3 is 2.39 bits per heavy atom. The van der Waals surface area contributed by atoms with Gasteiger partial charge in [-0.2, -0.15) is 9.97 Å². The summed E-state index contributed by atoms with van der Waals surface area (Å²) in [5.41, 5.74) is 3.74. The van der Waals surface area contributed by atoms with Gasteiger partial charge in [-0.25, -0.2) is 14.2 Å². The Labute approximate surface area is 235 Å². The van der Waals surface area contributed by atoms with Crippen LogP contribution in [0.25, 0.3) is 5.88 Å². The van der Waals surface area contributed by atoms with Crippen LogP contribution in [0.3, 0.4) is 0 Å². The minimum atomic E-state index is -4.06. The highest BCUT2D eigenvalue weighted by molar-refractivity contribution is 8.10. The van der Waals surface area contributed by atoms with Crippen LogP contribution in [-0.2, 0) is 46.6 Å². The molecule has 0 aromatic carbocycles. The highest BCUT2D eigenvalue weighted by Crippen LogP contribution is 2.72. The number of hydrogen-bond acceptors (Lipinski definition) is 15. The van der Waals surface area contributed by atoms with Crippen LogP contribution in [0.2, 0.25) is 0 Å². The van der Waals surface area contributed by atoms with Gasteiger partial charge in [0.1, 0.15) is 28.9 Å². The molecule has 17 nitrogen and oxygen atoms in total. The van der Waals surface area contributed by atoms with Crippen molar-refractivity contribution in [3.8, 4) is 0 Å². The van der Waals surface area contributed by atoms with Gasteiger partial charge in [-0.1, -0.05) is 0 Å². The first kappa shape index (κ1) is 26.9. The summed E-state index contributed by atoms with van der Waals surface area (Å²) in [7, 11) is 0. The molecule has 7 N–H and O–H groups in total. The molecular weight excluding hydrogens is 587 g/mol. The normalized spacial score (nSPS) is 37.8. The summed E-state index contributed by atoms with van der Waals surface area (Å²) in [6.07, 6.45) is 0.286. The highest BCUT2D eigenvalue weighted by Gasteiger charge is 2.76. The van der Waals surface area contributed by atoms with Crippen LogP contribution in [0, 0.1) is 0 Å². The molecule has 7 atom stereocenters. The molecule has 6 unspecified atom stereocenters. The van der Waals surface area contributed by atoms with Crippen LogP contribution < -0.4 is 22.8 Å². The molecule has 7 heterocycles. The van der Waals surface area contributed by atoms with Crippen molar-refractivity contribution in [2.24, 2.45) is 0 Å². The lowest BCUT2D eigenvalue weighted by Gasteiger charge is -2.36. The van der Waals surface area contributed by atoms with E-state index in [9.17, 15) is 24.7 Å². The Balaban J connectivity index is 1.13. The summed E-state index contributed by atoms with van der Waals surface area (Å²) in [5, 5.41) is 21.5. The minimum absolute atomic E-state index is 0.000291. The number of fused-ring (bicyclic) bond motifs is 3. The number of ether oxygens (including phenoxy) is 5.